The smallest absolute Gasteiger partial charge is 0.265 e. The lowest BCUT2D eigenvalue weighted by molar-refractivity contribution is -0.0115. The molecule has 1 amide bonds. The maximum atomic E-state index is 13.0. The van der Waals surface area contributed by atoms with Crippen LogP contribution in [0.3, 0.4) is 0 Å². The van der Waals surface area contributed by atoms with E-state index in [-0.39, 0.29) is 12.0 Å². The van der Waals surface area contributed by atoms with E-state index in [2.05, 4.69) is 11.1 Å². The van der Waals surface area contributed by atoms with Crippen molar-refractivity contribution < 1.29 is 19.0 Å². The third kappa shape index (κ3) is 5.16. The second-order valence-corrected chi connectivity index (χ2v) is 9.54. The van der Waals surface area contributed by atoms with E-state index in [1.807, 2.05) is 30.3 Å². The lowest BCUT2D eigenvalue weighted by atomic mass is 10.0. The summed E-state index contributed by atoms with van der Waals surface area (Å²) in [7, 11) is 0. The molecular weight excluding hydrogens is 460 g/mol. The number of ether oxygens (including phenoxy) is 3. The zero-order valence-electron chi connectivity index (χ0n) is 18.2. The number of hydrogen-bond acceptors (Lipinski definition) is 6. The Morgan fingerprint density at radius 1 is 1.21 bits per heavy atom. The summed E-state index contributed by atoms with van der Waals surface area (Å²) in [4.78, 5) is 19.5. The molecule has 6 nitrogen and oxygen atoms in total. The van der Waals surface area contributed by atoms with E-state index in [0.29, 0.717) is 47.7 Å². The number of rotatable bonds is 5. The topological polar surface area (TPSA) is 60.9 Å². The minimum Gasteiger partial charge on any atom is -0.487 e. The minimum absolute atomic E-state index is 0.0415. The summed E-state index contributed by atoms with van der Waals surface area (Å²) < 4.78 is 18.2. The van der Waals surface area contributed by atoms with Gasteiger partial charge < -0.3 is 19.1 Å². The highest BCUT2D eigenvalue weighted by Gasteiger charge is 2.26. The lowest BCUT2D eigenvalue weighted by Crippen LogP contribution is -2.31. The molecule has 1 aromatic heterocycles. The van der Waals surface area contributed by atoms with Crippen molar-refractivity contribution in [2.24, 2.45) is 0 Å². The average Bonchev–Trinajstić information content (AvgIpc) is 3.29. The first kappa shape index (κ1) is 22.2. The van der Waals surface area contributed by atoms with Crippen LogP contribution < -0.4 is 9.47 Å². The summed E-state index contributed by atoms with van der Waals surface area (Å²) in [6.07, 6.45) is 4.94. The standard InChI is InChI=1S/C25H25ClN2O4S/c26-20-5-3-4-17(11-20)18-10-19-14-28(25(29)23-13-27-16-33-23)7-9-31-24(19)22(12-18)32-15-21-6-1-2-8-30-21/h3-5,10-13,16,21H,1-2,6-9,14-15H2/t21-/m0/s1. The van der Waals surface area contributed by atoms with E-state index in [4.69, 9.17) is 25.8 Å². The van der Waals surface area contributed by atoms with Crippen molar-refractivity contribution in [2.75, 3.05) is 26.4 Å². The van der Waals surface area contributed by atoms with Gasteiger partial charge in [0.2, 0.25) is 0 Å². The summed E-state index contributed by atoms with van der Waals surface area (Å²) >= 11 is 7.60. The summed E-state index contributed by atoms with van der Waals surface area (Å²) in [6, 6.07) is 11.8. The Bertz CT molecular complexity index is 1120. The largest absolute Gasteiger partial charge is 0.487 e. The van der Waals surface area contributed by atoms with Crippen molar-refractivity contribution in [1.82, 2.24) is 9.88 Å². The molecule has 33 heavy (non-hydrogen) atoms. The van der Waals surface area contributed by atoms with Crippen molar-refractivity contribution in [1.29, 1.82) is 0 Å². The molecule has 1 atom stereocenters. The number of fused-ring (bicyclic) bond motifs is 1. The highest BCUT2D eigenvalue weighted by atomic mass is 35.5. The predicted octanol–water partition coefficient (Wildman–Crippen LogP) is 5.45. The van der Waals surface area contributed by atoms with Crippen LogP contribution in [-0.4, -0.2) is 48.3 Å². The number of amides is 1. The van der Waals surface area contributed by atoms with Gasteiger partial charge in [0.15, 0.2) is 11.5 Å². The first-order chi connectivity index (χ1) is 16.2. The van der Waals surface area contributed by atoms with Gasteiger partial charge in [0.05, 0.1) is 24.4 Å². The van der Waals surface area contributed by atoms with Crippen molar-refractivity contribution in [3.8, 4) is 22.6 Å². The zero-order valence-corrected chi connectivity index (χ0v) is 19.7. The fourth-order valence-electron chi connectivity index (χ4n) is 4.20. The summed E-state index contributed by atoms with van der Waals surface area (Å²) in [5.41, 5.74) is 4.52. The molecule has 1 saturated heterocycles. The Morgan fingerprint density at radius 3 is 2.94 bits per heavy atom. The third-order valence-electron chi connectivity index (χ3n) is 5.89. The first-order valence-electron chi connectivity index (χ1n) is 11.2. The molecule has 8 heteroatoms. The Morgan fingerprint density at radius 2 is 2.15 bits per heavy atom. The Hall–Kier alpha value is -2.61. The summed E-state index contributed by atoms with van der Waals surface area (Å²) in [5, 5.41) is 0.666. The molecule has 0 radical (unpaired) electrons. The van der Waals surface area contributed by atoms with Crippen LogP contribution in [0, 0.1) is 0 Å². The number of hydrogen-bond donors (Lipinski definition) is 0. The normalized spacial score (nSPS) is 18.2. The van der Waals surface area contributed by atoms with Gasteiger partial charge in [0.1, 0.15) is 18.1 Å². The number of thiazole rings is 1. The van der Waals surface area contributed by atoms with E-state index >= 15 is 0 Å². The summed E-state index contributed by atoms with van der Waals surface area (Å²) in [6.45, 7) is 2.56. The van der Waals surface area contributed by atoms with Gasteiger partial charge in [-0.25, -0.2) is 0 Å². The number of aromatic nitrogens is 1. The average molecular weight is 485 g/mol. The monoisotopic (exact) mass is 484 g/mol. The minimum atomic E-state index is -0.0415. The van der Waals surface area contributed by atoms with Gasteiger partial charge in [0, 0.05) is 23.7 Å². The Kier molecular flexibility index (Phi) is 6.80. The molecule has 1 fully saturated rings. The van der Waals surface area contributed by atoms with Crippen molar-refractivity contribution >= 4 is 28.8 Å². The summed E-state index contributed by atoms with van der Waals surface area (Å²) in [5.74, 6) is 1.32. The van der Waals surface area contributed by atoms with Crippen LogP contribution >= 0.6 is 22.9 Å². The van der Waals surface area contributed by atoms with Gasteiger partial charge in [-0.1, -0.05) is 23.7 Å². The van der Waals surface area contributed by atoms with Crippen LogP contribution in [0.25, 0.3) is 11.1 Å². The highest BCUT2D eigenvalue weighted by Crippen LogP contribution is 2.39. The second kappa shape index (κ2) is 10.1. The molecule has 0 N–H and O–H groups in total. The van der Waals surface area contributed by atoms with Crippen LogP contribution in [0.1, 0.15) is 34.5 Å². The molecule has 3 aromatic rings. The number of carbonyl (C=O) groups is 1. The highest BCUT2D eigenvalue weighted by molar-refractivity contribution is 7.11. The molecule has 2 aromatic carbocycles. The van der Waals surface area contributed by atoms with Crippen LogP contribution in [-0.2, 0) is 11.3 Å². The molecule has 172 valence electrons. The zero-order chi connectivity index (χ0) is 22.6. The number of benzene rings is 2. The van der Waals surface area contributed by atoms with Crippen LogP contribution in [0.4, 0.5) is 0 Å². The van der Waals surface area contributed by atoms with Gasteiger partial charge in [-0.15, -0.1) is 11.3 Å². The Balaban J connectivity index is 1.48. The fraction of sp³-hybridized carbons (Fsp3) is 0.360. The molecule has 0 aliphatic carbocycles. The molecule has 3 heterocycles. The molecule has 0 spiro atoms. The number of halogens is 1. The maximum Gasteiger partial charge on any atom is 0.265 e. The van der Waals surface area contributed by atoms with Gasteiger partial charge in [-0.3, -0.25) is 9.78 Å². The van der Waals surface area contributed by atoms with Crippen molar-refractivity contribution in [2.45, 2.75) is 31.9 Å². The molecule has 2 aliphatic rings. The quantitative estimate of drug-likeness (QED) is 0.482. The van der Waals surface area contributed by atoms with E-state index < -0.39 is 0 Å². The van der Waals surface area contributed by atoms with E-state index in [1.165, 1.54) is 11.3 Å². The first-order valence-corrected chi connectivity index (χ1v) is 12.4. The van der Waals surface area contributed by atoms with Gasteiger partial charge in [0.25, 0.3) is 5.91 Å². The van der Waals surface area contributed by atoms with Gasteiger partial charge >= 0.3 is 0 Å². The molecule has 5 rings (SSSR count). The molecule has 0 bridgehead atoms. The van der Waals surface area contributed by atoms with Crippen molar-refractivity contribution in [3.63, 3.8) is 0 Å². The molecule has 2 aliphatic heterocycles. The number of nitrogens with zero attached hydrogens (tertiary/aromatic N) is 2. The molecular formula is C25H25ClN2O4S. The SMILES string of the molecule is O=C(c1cncs1)N1CCOc2c(cc(-c3cccc(Cl)c3)cc2OC[C@@H]2CCCCO2)C1. The lowest BCUT2D eigenvalue weighted by Gasteiger charge is -2.24. The van der Waals surface area contributed by atoms with E-state index in [9.17, 15) is 4.79 Å². The Labute approximate surface area is 202 Å². The van der Waals surface area contributed by atoms with E-state index in [1.54, 1.807) is 16.6 Å². The van der Waals surface area contributed by atoms with Crippen LogP contribution in [0.15, 0.2) is 48.1 Å². The maximum absolute atomic E-state index is 13.0. The van der Waals surface area contributed by atoms with E-state index in [0.717, 1.165) is 42.6 Å². The molecule has 0 saturated carbocycles. The predicted molar refractivity (Wildman–Crippen MR) is 128 cm³/mol. The third-order valence-corrected chi connectivity index (χ3v) is 6.88. The van der Waals surface area contributed by atoms with Crippen molar-refractivity contribution in [3.05, 3.63) is 63.6 Å². The van der Waals surface area contributed by atoms with Gasteiger partial charge in [-0.2, -0.15) is 0 Å². The second-order valence-electron chi connectivity index (χ2n) is 8.21. The van der Waals surface area contributed by atoms with Crippen LogP contribution in [0.2, 0.25) is 5.02 Å². The van der Waals surface area contributed by atoms with Crippen LogP contribution in [0.5, 0.6) is 11.5 Å². The van der Waals surface area contributed by atoms with Gasteiger partial charge in [-0.05, 0) is 54.7 Å². The fourth-order valence-corrected chi connectivity index (χ4v) is 4.98. The number of carbonyl (C=O) groups excluding carboxylic acids is 1. The molecule has 0 unspecified atom stereocenters.